The molecule has 0 aromatic heterocycles. The molecule has 0 spiro atoms. The summed E-state index contributed by atoms with van der Waals surface area (Å²) >= 11 is 3.47. The highest BCUT2D eigenvalue weighted by Gasteiger charge is 2.27. The summed E-state index contributed by atoms with van der Waals surface area (Å²) in [6.07, 6.45) is 4.56. The number of carbonyl (C=O) groups is 1. The van der Waals surface area contributed by atoms with Crippen LogP contribution in [-0.4, -0.2) is 11.9 Å². The topological polar surface area (TPSA) is 29.1 Å². The number of rotatable bonds is 2. The molecule has 1 aromatic carbocycles. The van der Waals surface area contributed by atoms with Gasteiger partial charge in [-0.05, 0) is 55.7 Å². The lowest BCUT2D eigenvalue weighted by Gasteiger charge is -2.34. The van der Waals surface area contributed by atoms with Crippen LogP contribution in [0.2, 0.25) is 0 Å². The molecule has 0 unspecified atom stereocenters. The van der Waals surface area contributed by atoms with Gasteiger partial charge in [-0.2, -0.15) is 0 Å². The van der Waals surface area contributed by atoms with Crippen molar-refractivity contribution in [2.45, 2.75) is 52.5 Å². The highest BCUT2D eigenvalue weighted by Crippen LogP contribution is 2.35. The highest BCUT2D eigenvalue weighted by atomic mass is 79.9. The SMILES string of the molecule is Cc1ccc(C(=O)NC2CCC(C)(C)CC2)cc1Br. The fraction of sp³-hybridized carbons (Fsp3) is 0.562. The van der Waals surface area contributed by atoms with Crippen molar-refractivity contribution in [1.82, 2.24) is 5.32 Å². The Morgan fingerprint density at radius 1 is 1.32 bits per heavy atom. The zero-order valence-electron chi connectivity index (χ0n) is 11.9. The third kappa shape index (κ3) is 3.82. The van der Waals surface area contributed by atoms with Gasteiger partial charge >= 0.3 is 0 Å². The molecule has 2 rings (SSSR count). The largest absolute Gasteiger partial charge is 0.349 e. The van der Waals surface area contributed by atoms with Crippen LogP contribution in [0, 0.1) is 12.3 Å². The molecule has 104 valence electrons. The monoisotopic (exact) mass is 323 g/mol. The van der Waals surface area contributed by atoms with E-state index in [-0.39, 0.29) is 5.91 Å². The number of carbonyl (C=O) groups excluding carboxylic acids is 1. The predicted octanol–water partition coefficient (Wildman–Crippen LogP) is 4.46. The van der Waals surface area contributed by atoms with E-state index in [1.165, 1.54) is 12.8 Å². The molecule has 19 heavy (non-hydrogen) atoms. The van der Waals surface area contributed by atoms with Gasteiger partial charge in [0.15, 0.2) is 0 Å². The number of benzene rings is 1. The summed E-state index contributed by atoms with van der Waals surface area (Å²) in [5.41, 5.74) is 2.33. The van der Waals surface area contributed by atoms with Crippen LogP contribution >= 0.6 is 15.9 Å². The summed E-state index contributed by atoms with van der Waals surface area (Å²) in [5, 5.41) is 3.16. The average molecular weight is 324 g/mol. The van der Waals surface area contributed by atoms with Crippen molar-refractivity contribution in [3.63, 3.8) is 0 Å². The number of hydrogen-bond acceptors (Lipinski definition) is 1. The van der Waals surface area contributed by atoms with Crippen LogP contribution in [0.15, 0.2) is 22.7 Å². The maximum Gasteiger partial charge on any atom is 0.251 e. The van der Waals surface area contributed by atoms with Crippen LogP contribution in [0.25, 0.3) is 0 Å². The lowest BCUT2D eigenvalue weighted by molar-refractivity contribution is 0.0909. The van der Waals surface area contributed by atoms with Crippen LogP contribution in [0.5, 0.6) is 0 Å². The number of amides is 1. The number of aryl methyl sites for hydroxylation is 1. The highest BCUT2D eigenvalue weighted by molar-refractivity contribution is 9.10. The molecule has 0 bridgehead atoms. The van der Waals surface area contributed by atoms with E-state index in [2.05, 4.69) is 35.1 Å². The minimum absolute atomic E-state index is 0.0467. The van der Waals surface area contributed by atoms with E-state index in [1.54, 1.807) is 0 Å². The van der Waals surface area contributed by atoms with Gasteiger partial charge in [-0.15, -0.1) is 0 Å². The molecule has 1 N–H and O–H groups in total. The maximum absolute atomic E-state index is 12.2. The fourth-order valence-electron chi connectivity index (χ4n) is 2.55. The molecule has 1 saturated carbocycles. The minimum Gasteiger partial charge on any atom is -0.349 e. The number of nitrogens with one attached hydrogen (secondary N) is 1. The Bertz CT molecular complexity index is 472. The molecule has 0 radical (unpaired) electrons. The van der Waals surface area contributed by atoms with Crippen molar-refractivity contribution in [2.75, 3.05) is 0 Å². The maximum atomic E-state index is 12.2. The van der Waals surface area contributed by atoms with Gasteiger partial charge in [0.05, 0.1) is 0 Å². The third-order valence-corrected chi connectivity index (χ3v) is 4.96. The second kappa shape index (κ2) is 5.66. The van der Waals surface area contributed by atoms with Crippen molar-refractivity contribution >= 4 is 21.8 Å². The van der Waals surface area contributed by atoms with Crippen molar-refractivity contribution in [2.24, 2.45) is 5.41 Å². The molecule has 1 amide bonds. The van der Waals surface area contributed by atoms with Gasteiger partial charge in [-0.25, -0.2) is 0 Å². The summed E-state index contributed by atoms with van der Waals surface area (Å²) in [5.74, 6) is 0.0467. The number of halogens is 1. The van der Waals surface area contributed by atoms with Gasteiger partial charge in [0.2, 0.25) is 0 Å². The Balaban J connectivity index is 1.96. The average Bonchev–Trinajstić information content (AvgIpc) is 2.35. The smallest absolute Gasteiger partial charge is 0.251 e. The molecule has 0 saturated heterocycles. The molecule has 0 aliphatic heterocycles. The van der Waals surface area contributed by atoms with E-state index in [4.69, 9.17) is 0 Å². The molecule has 1 aliphatic carbocycles. The Morgan fingerprint density at radius 2 is 1.95 bits per heavy atom. The molecule has 0 heterocycles. The quantitative estimate of drug-likeness (QED) is 0.855. The third-order valence-electron chi connectivity index (χ3n) is 4.11. The lowest BCUT2D eigenvalue weighted by Crippen LogP contribution is -2.39. The summed E-state index contributed by atoms with van der Waals surface area (Å²) in [7, 11) is 0. The number of hydrogen-bond donors (Lipinski definition) is 1. The van der Waals surface area contributed by atoms with E-state index in [9.17, 15) is 4.79 Å². The predicted molar refractivity (Wildman–Crippen MR) is 82.4 cm³/mol. The molecule has 0 atom stereocenters. The van der Waals surface area contributed by atoms with Crippen molar-refractivity contribution in [3.8, 4) is 0 Å². The Hall–Kier alpha value is -0.830. The molecule has 2 nitrogen and oxygen atoms in total. The second-order valence-electron chi connectivity index (χ2n) is 6.38. The second-order valence-corrected chi connectivity index (χ2v) is 7.23. The van der Waals surface area contributed by atoms with Gasteiger partial charge in [0, 0.05) is 16.1 Å². The first-order valence-electron chi connectivity index (χ1n) is 6.94. The molecule has 3 heteroatoms. The van der Waals surface area contributed by atoms with Crippen molar-refractivity contribution < 1.29 is 4.79 Å². The molecule has 1 aromatic rings. The van der Waals surface area contributed by atoms with Gasteiger partial charge in [-0.3, -0.25) is 4.79 Å². The standard InChI is InChI=1S/C16H22BrNO/c1-11-4-5-12(10-14(11)17)15(19)18-13-6-8-16(2,3)9-7-13/h4-5,10,13H,6-9H2,1-3H3,(H,18,19). The normalized spacial score (nSPS) is 19.2. The zero-order chi connectivity index (χ0) is 14.0. The fourth-order valence-corrected chi connectivity index (χ4v) is 2.93. The van der Waals surface area contributed by atoms with Crippen LogP contribution < -0.4 is 5.32 Å². The van der Waals surface area contributed by atoms with Gasteiger partial charge in [-0.1, -0.05) is 35.8 Å². The first-order chi connectivity index (χ1) is 8.87. The van der Waals surface area contributed by atoms with E-state index in [0.717, 1.165) is 28.4 Å². The summed E-state index contributed by atoms with van der Waals surface area (Å²) in [4.78, 5) is 12.2. The summed E-state index contributed by atoms with van der Waals surface area (Å²) < 4.78 is 0.991. The minimum atomic E-state index is 0.0467. The lowest BCUT2D eigenvalue weighted by atomic mass is 9.75. The van der Waals surface area contributed by atoms with Crippen LogP contribution in [0.3, 0.4) is 0 Å². The molecular formula is C16H22BrNO. The summed E-state index contributed by atoms with van der Waals surface area (Å²) in [6.45, 7) is 6.64. The van der Waals surface area contributed by atoms with Crippen molar-refractivity contribution in [1.29, 1.82) is 0 Å². The first-order valence-corrected chi connectivity index (χ1v) is 7.74. The first kappa shape index (κ1) is 14.6. The van der Waals surface area contributed by atoms with Crippen LogP contribution in [0.4, 0.5) is 0 Å². The zero-order valence-corrected chi connectivity index (χ0v) is 13.5. The van der Waals surface area contributed by atoms with Gasteiger partial charge in [0.25, 0.3) is 5.91 Å². The van der Waals surface area contributed by atoms with Crippen LogP contribution in [-0.2, 0) is 0 Å². The van der Waals surface area contributed by atoms with Crippen molar-refractivity contribution in [3.05, 3.63) is 33.8 Å². The molecule has 1 aliphatic rings. The van der Waals surface area contributed by atoms with Gasteiger partial charge in [0.1, 0.15) is 0 Å². The van der Waals surface area contributed by atoms with Crippen LogP contribution in [0.1, 0.15) is 55.5 Å². The van der Waals surface area contributed by atoms with E-state index < -0.39 is 0 Å². The van der Waals surface area contributed by atoms with E-state index in [1.807, 2.05) is 25.1 Å². The Morgan fingerprint density at radius 3 is 2.53 bits per heavy atom. The van der Waals surface area contributed by atoms with E-state index >= 15 is 0 Å². The van der Waals surface area contributed by atoms with Gasteiger partial charge < -0.3 is 5.32 Å². The molecule has 1 fully saturated rings. The van der Waals surface area contributed by atoms with E-state index in [0.29, 0.717) is 11.5 Å². The Kier molecular flexibility index (Phi) is 4.34. The molecular weight excluding hydrogens is 302 g/mol. The summed E-state index contributed by atoms with van der Waals surface area (Å²) in [6, 6.07) is 6.10. The Labute approximate surface area is 124 Å².